The molecule has 0 aliphatic rings. The van der Waals surface area contributed by atoms with Crippen LogP contribution in [0.1, 0.15) is 58.5 Å². The topological polar surface area (TPSA) is 25.8 Å². The third-order valence-electron chi connectivity index (χ3n) is 2.48. The molecule has 0 aromatic carbocycles. The molecular formula is C13H22N2. The fraction of sp³-hybridized carbons (Fsp3) is 0.692. The first kappa shape index (κ1) is 12.2. The molecule has 1 aromatic rings. The zero-order valence-electron chi connectivity index (χ0n) is 10.4. The van der Waals surface area contributed by atoms with Crippen molar-refractivity contribution in [1.29, 1.82) is 0 Å². The van der Waals surface area contributed by atoms with E-state index in [0.29, 0.717) is 0 Å². The van der Waals surface area contributed by atoms with E-state index in [0.717, 1.165) is 17.9 Å². The lowest BCUT2D eigenvalue weighted by atomic mass is 9.92. The molecule has 84 valence electrons. The monoisotopic (exact) mass is 206 g/mol. The third kappa shape index (κ3) is 3.98. The Bertz CT molecular complexity index is 300. The van der Waals surface area contributed by atoms with E-state index in [9.17, 15) is 0 Å². The summed E-state index contributed by atoms with van der Waals surface area (Å²) in [4.78, 5) is 8.92. The van der Waals surface area contributed by atoms with Gasteiger partial charge >= 0.3 is 0 Å². The van der Waals surface area contributed by atoms with Gasteiger partial charge in [0.2, 0.25) is 0 Å². The van der Waals surface area contributed by atoms with Crippen LogP contribution in [0.5, 0.6) is 0 Å². The van der Waals surface area contributed by atoms with E-state index >= 15 is 0 Å². The number of nitrogens with zero attached hydrogens (tertiary/aromatic N) is 2. The fourth-order valence-corrected chi connectivity index (χ4v) is 1.47. The van der Waals surface area contributed by atoms with Crippen LogP contribution in [0, 0.1) is 0 Å². The Kier molecular flexibility index (Phi) is 4.25. The van der Waals surface area contributed by atoms with Gasteiger partial charge in [0.15, 0.2) is 0 Å². The summed E-state index contributed by atoms with van der Waals surface area (Å²) in [6.45, 7) is 8.77. The fourth-order valence-electron chi connectivity index (χ4n) is 1.47. The van der Waals surface area contributed by atoms with Gasteiger partial charge in [-0.1, -0.05) is 40.5 Å². The summed E-state index contributed by atoms with van der Waals surface area (Å²) in [7, 11) is 0. The van der Waals surface area contributed by atoms with E-state index in [2.05, 4.69) is 37.7 Å². The molecule has 0 fully saturated rings. The average Bonchev–Trinajstić information content (AvgIpc) is 2.17. The second-order valence-electron chi connectivity index (χ2n) is 5.07. The standard InChI is InChI=1S/C13H22N2/c1-5-6-7-8-12-14-10-9-11(15-12)13(2,3)4/h9-10H,5-8H2,1-4H3. The van der Waals surface area contributed by atoms with Crippen LogP contribution in [-0.2, 0) is 11.8 Å². The Morgan fingerprint density at radius 2 is 1.93 bits per heavy atom. The van der Waals surface area contributed by atoms with Crippen molar-refractivity contribution < 1.29 is 0 Å². The molecule has 0 saturated heterocycles. The van der Waals surface area contributed by atoms with Gasteiger partial charge < -0.3 is 0 Å². The highest BCUT2D eigenvalue weighted by Crippen LogP contribution is 2.19. The molecule has 0 saturated carbocycles. The quantitative estimate of drug-likeness (QED) is 0.704. The van der Waals surface area contributed by atoms with Crippen molar-refractivity contribution in [2.45, 2.75) is 58.8 Å². The first-order valence-electron chi connectivity index (χ1n) is 5.86. The molecule has 0 aliphatic heterocycles. The summed E-state index contributed by atoms with van der Waals surface area (Å²) >= 11 is 0. The Morgan fingerprint density at radius 3 is 2.53 bits per heavy atom. The predicted octanol–water partition coefficient (Wildman–Crippen LogP) is 3.51. The number of unbranched alkanes of at least 4 members (excludes halogenated alkanes) is 2. The van der Waals surface area contributed by atoms with Crippen molar-refractivity contribution >= 4 is 0 Å². The van der Waals surface area contributed by atoms with Crippen LogP contribution in [0.3, 0.4) is 0 Å². The molecule has 0 N–H and O–H groups in total. The third-order valence-corrected chi connectivity index (χ3v) is 2.48. The van der Waals surface area contributed by atoms with Gasteiger partial charge in [0.1, 0.15) is 5.82 Å². The minimum Gasteiger partial charge on any atom is -0.241 e. The predicted molar refractivity (Wildman–Crippen MR) is 64.0 cm³/mol. The van der Waals surface area contributed by atoms with Gasteiger partial charge in [-0.3, -0.25) is 0 Å². The van der Waals surface area contributed by atoms with Gasteiger partial charge in [0.25, 0.3) is 0 Å². The van der Waals surface area contributed by atoms with E-state index in [1.165, 1.54) is 19.3 Å². The van der Waals surface area contributed by atoms with Gasteiger partial charge in [0.05, 0.1) is 0 Å². The Labute approximate surface area is 93.2 Å². The summed E-state index contributed by atoms with van der Waals surface area (Å²) in [6.07, 6.45) is 6.61. The molecule has 1 heterocycles. The largest absolute Gasteiger partial charge is 0.241 e. The van der Waals surface area contributed by atoms with Crippen molar-refractivity contribution in [3.05, 3.63) is 23.8 Å². The summed E-state index contributed by atoms with van der Waals surface area (Å²) in [5.41, 5.74) is 1.27. The minimum atomic E-state index is 0.127. The normalized spacial score (nSPS) is 11.7. The zero-order chi connectivity index (χ0) is 11.3. The maximum atomic E-state index is 4.60. The lowest BCUT2D eigenvalue weighted by molar-refractivity contribution is 0.559. The van der Waals surface area contributed by atoms with Crippen molar-refractivity contribution in [2.24, 2.45) is 0 Å². The van der Waals surface area contributed by atoms with E-state index in [1.54, 1.807) is 0 Å². The maximum Gasteiger partial charge on any atom is 0.128 e. The Morgan fingerprint density at radius 1 is 1.20 bits per heavy atom. The second kappa shape index (κ2) is 5.24. The minimum absolute atomic E-state index is 0.127. The molecule has 2 nitrogen and oxygen atoms in total. The number of aryl methyl sites for hydroxylation is 1. The van der Waals surface area contributed by atoms with Crippen LogP contribution in [-0.4, -0.2) is 9.97 Å². The highest BCUT2D eigenvalue weighted by molar-refractivity contribution is 5.12. The average molecular weight is 206 g/mol. The number of rotatable bonds is 4. The molecule has 0 atom stereocenters. The van der Waals surface area contributed by atoms with Crippen LogP contribution >= 0.6 is 0 Å². The van der Waals surface area contributed by atoms with Crippen molar-refractivity contribution in [3.63, 3.8) is 0 Å². The Hall–Kier alpha value is -0.920. The van der Waals surface area contributed by atoms with Crippen molar-refractivity contribution in [1.82, 2.24) is 9.97 Å². The van der Waals surface area contributed by atoms with Gasteiger partial charge in [-0.05, 0) is 12.5 Å². The highest BCUT2D eigenvalue weighted by atomic mass is 14.9. The van der Waals surface area contributed by atoms with Gasteiger partial charge in [0, 0.05) is 23.7 Å². The van der Waals surface area contributed by atoms with Crippen LogP contribution in [0.4, 0.5) is 0 Å². The lowest BCUT2D eigenvalue weighted by Gasteiger charge is -2.17. The van der Waals surface area contributed by atoms with E-state index in [1.807, 2.05) is 12.3 Å². The molecule has 0 radical (unpaired) electrons. The molecule has 1 rings (SSSR count). The summed E-state index contributed by atoms with van der Waals surface area (Å²) in [5, 5.41) is 0. The molecule has 0 amide bonds. The molecule has 1 aromatic heterocycles. The van der Waals surface area contributed by atoms with E-state index in [4.69, 9.17) is 0 Å². The molecule has 2 heteroatoms. The molecule has 0 bridgehead atoms. The van der Waals surface area contributed by atoms with Crippen LogP contribution in [0.2, 0.25) is 0 Å². The van der Waals surface area contributed by atoms with Crippen LogP contribution in [0.15, 0.2) is 12.3 Å². The summed E-state index contributed by atoms with van der Waals surface area (Å²) in [5.74, 6) is 0.996. The van der Waals surface area contributed by atoms with Gasteiger partial charge in [-0.25, -0.2) is 9.97 Å². The van der Waals surface area contributed by atoms with Crippen LogP contribution in [0.25, 0.3) is 0 Å². The smallest absolute Gasteiger partial charge is 0.128 e. The van der Waals surface area contributed by atoms with E-state index in [-0.39, 0.29) is 5.41 Å². The van der Waals surface area contributed by atoms with Crippen molar-refractivity contribution in [3.8, 4) is 0 Å². The Balaban J connectivity index is 2.66. The molecule has 15 heavy (non-hydrogen) atoms. The number of hydrogen-bond donors (Lipinski definition) is 0. The second-order valence-corrected chi connectivity index (χ2v) is 5.07. The number of hydrogen-bond acceptors (Lipinski definition) is 2. The molecule has 0 unspecified atom stereocenters. The summed E-state index contributed by atoms with van der Waals surface area (Å²) in [6, 6.07) is 2.02. The molecule has 0 spiro atoms. The zero-order valence-corrected chi connectivity index (χ0v) is 10.4. The SMILES string of the molecule is CCCCCc1nccc(C(C)(C)C)n1. The maximum absolute atomic E-state index is 4.60. The number of aromatic nitrogens is 2. The summed E-state index contributed by atoms with van der Waals surface area (Å²) < 4.78 is 0. The first-order chi connectivity index (χ1) is 7.04. The van der Waals surface area contributed by atoms with Gasteiger partial charge in [-0.2, -0.15) is 0 Å². The van der Waals surface area contributed by atoms with Gasteiger partial charge in [-0.15, -0.1) is 0 Å². The van der Waals surface area contributed by atoms with Crippen LogP contribution < -0.4 is 0 Å². The molecular weight excluding hydrogens is 184 g/mol. The first-order valence-corrected chi connectivity index (χ1v) is 5.86. The lowest BCUT2D eigenvalue weighted by Crippen LogP contribution is -2.15. The highest BCUT2D eigenvalue weighted by Gasteiger charge is 2.15. The van der Waals surface area contributed by atoms with Crippen molar-refractivity contribution in [2.75, 3.05) is 0 Å². The van der Waals surface area contributed by atoms with E-state index < -0.39 is 0 Å². The molecule has 0 aliphatic carbocycles.